The Hall–Kier alpha value is -3.45. The van der Waals surface area contributed by atoms with Crippen molar-refractivity contribution in [3.63, 3.8) is 0 Å². The van der Waals surface area contributed by atoms with Crippen LogP contribution in [0.25, 0.3) is 22.2 Å². The van der Waals surface area contributed by atoms with Crippen molar-refractivity contribution in [2.45, 2.75) is 44.8 Å². The lowest BCUT2D eigenvalue weighted by Gasteiger charge is -2.50. The van der Waals surface area contributed by atoms with Gasteiger partial charge in [0.2, 0.25) is 0 Å². The zero-order valence-electron chi connectivity index (χ0n) is 22.1. The summed E-state index contributed by atoms with van der Waals surface area (Å²) < 4.78 is 21.5. The predicted octanol–water partition coefficient (Wildman–Crippen LogP) is 6.39. The first-order chi connectivity index (χ1) is 19.3. The predicted molar refractivity (Wildman–Crippen MR) is 153 cm³/mol. The lowest BCUT2D eigenvalue weighted by molar-refractivity contribution is 0.227. The molecule has 1 aliphatic carbocycles. The molecule has 2 aliphatic rings. The summed E-state index contributed by atoms with van der Waals surface area (Å²) in [5.74, 6) is 1.14. The Balaban J connectivity index is 1.21. The van der Waals surface area contributed by atoms with Gasteiger partial charge in [-0.15, -0.1) is 0 Å². The van der Waals surface area contributed by atoms with Gasteiger partial charge in [0.05, 0.1) is 39.3 Å². The monoisotopic (exact) mass is 579 g/mol. The van der Waals surface area contributed by atoms with Crippen molar-refractivity contribution in [3.8, 4) is 23.1 Å². The smallest absolute Gasteiger partial charge is 0.166 e. The molecule has 0 amide bonds. The van der Waals surface area contributed by atoms with Crippen LogP contribution < -0.4 is 15.0 Å². The number of nitrogens with one attached hydrogen (secondary N) is 2. The second-order valence-corrected chi connectivity index (χ2v) is 11.6. The normalized spacial score (nSPS) is 16.9. The highest BCUT2D eigenvalue weighted by atomic mass is 35.5. The number of aromatic amines is 1. The summed E-state index contributed by atoms with van der Waals surface area (Å²) >= 11 is 12.8. The van der Waals surface area contributed by atoms with E-state index in [0.29, 0.717) is 63.7 Å². The minimum absolute atomic E-state index is 0.282. The number of H-pyrrole nitrogens is 1. The molecule has 0 radical (unpaired) electrons. The highest BCUT2D eigenvalue weighted by Crippen LogP contribution is 2.37. The Bertz CT molecular complexity index is 1620. The first-order valence-electron chi connectivity index (χ1n) is 13.2. The van der Waals surface area contributed by atoms with Crippen LogP contribution >= 0.6 is 23.2 Å². The molecule has 40 heavy (non-hydrogen) atoms. The van der Waals surface area contributed by atoms with Crippen molar-refractivity contribution >= 4 is 39.9 Å². The third-order valence-corrected chi connectivity index (χ3v) is 8.48. The van der Waals surface area contributed by atoms with E-state index in [1.165, 1.54) is 18.9 Å². The molecule has 8 nitrogen and oxygen atoms in total. The highest BCUT2D eigenvalue weighted by molar-refractivity contribution is 6.36. The fourth-order valence-corrected chi connectivity index (χ4v) is 5.90. The maximum atomic E-state index is 15.3. The van der Waals surface area contributed by atoms with Crippen LogP contribution in [-0.4, -0.2) is 45.3 Å². The SMILES string of the molecule is Cc1ncc(Cl)c([C@@H](C)Oc2ccc3[nH]nc(-c4cnc(N5CC(CC#N)(NCC6CC6)C5)c(F)c4)c3c2)c1Cl. The number of aryl methyl sites for hydroxylation is 1. The zero-order chi connectivity index (χ0) is 28.0. The molecule has 3 aromatic heterocycles. The van der Waals surface area contributed by atoms with Gasteiger partial charge in [0.15, 0.2) is 11.6 Å². The molecule has 2 N–H and O–H groups in total. The summed E-state index contributed by atoms with van der Waals surface area (Å²) in [6, 6.07) is 9.27. The van der Waals surface area contributed by atoms with Gasteiger partial charge >= 0.3 is 0 Å². The first-order valence-corrected chi connectivity index (χ1v) is 14.0. The van der Waals surface area contributed by atoms with Crippen LogP contribution in [0, 0.1) is 30.0 Å². The van der Waals surface area contributed by atoms with E-state index < -0.39 is 11.9 Å². The standard InChI is InChI=1S/C29H28Cl2FN7O/c1-16-26(31)25(22(30)13-34-16)17(2)40-20-5-6-24-21(10-20)27(38-37-24)19-9-23(32)28(35-12-19)39-14-29(15-39,7-8-33)36-11-18-3-4-18/h5-6,9-10,12-13,17-18,36H,3-4,7,11,14-15H2,1-2H3,(H,37,38)/t17-/m1/s1. The number of aromatic nitrogens is 4. The fraction of sp³-hybridized carbons (Fsp3) is 0.379. The van der Waals surface area contributed by atoms with Crippen molar-refractivity contribution in [3.05, 3.63) is 63.8 Å². The van der Waals surface area contributed by atoms with Crippen molar-refractivity contribution in [1.82, 2.24) is 25.5 Å². The molecular formula is C29H28Cl2FN7O. The molecule has 4 heterocycles. The Labute approximate surface area is 241 Å². The molecule has 6 rings (SSSR count). The topological polar surface area (TPSA) is 103 Å². The van der Waals surface area contributed by atoms with Crippen LogP contribution in [0.4, 0.5) is 10.2 Å². The quantitative estimate of drug-likeness (QED) is 0.237. The molecule has 1 aromatic carbocycles. The number of anilines is 1. The van der Waals surface area contributed by atoms with Gasteiger partial charge in [0.25, 0.3) is 0 Å². The van der Waals surface area contributed by atoms with E-state index in [1.54, 1.807) is 12.4 Å². The van der Waals surface area contributed by atoms with Crippen LogP contribution in [-0.2, 0) is 0 Å². The van der Waals surface area contributed by atoms with Crippen molar-refractivity contribution in [1.29, 1.82) is 5.26 Å². The Kier molecular flexibility index (Phi) is 7.03. The van der Waals surface area contributed by atoms with E-state index in [2.05, 4.69) is 31.6 Å². The van der Waals surface area contributed by atoms with Gasteiger partial charge < -0.3 is 15.0 Å². The highest BCUT2D eigenvalue weighted by Gasteiger charge is 2.45. The van der Waals surface area contributed by atoms with Gasteiger partial charge in [-0.25, -0.2) is 9.37 Å². The number of nitrogens with zero attached hydrogens (tertiary/aromatic N) is 5. The molecule has 0 bridgehead atoms. The summed E-state index contributed by atoms with van der Waals surface area (Å²) in [5, 5.41) is 22.0. The number of ether oxygens (including phenoxy) is 1. The van der Waals surface area contributed by atoms with E-state index in [0.717, 1.165) is 17.4 Å². The summed E-state index contributed by atoms with van der Waals surface area (Å²) in [4.78, 5) is 10.5. The fourth-order valence-electron chi connectivity index (χ4n) is 5.25. The van der Waals surface area contributed by atoms with Crippen LogP contribution in [0.2, 0.25) is 10.0 Å². The lowest BCUT2D eigenvalue weighted by Crippen LogP contribution is -2.69. The van der Waals surface area contributed by atoms with Crippen LogP contribution in [0.3, 0.4) is 0 Å². The second kappa shape index (κ2) is 10.5. The van der Waals surface area contributed by atoms with Crippen molar-refractivity contribution < 1.29 is 9.13 Å². The van der Waals surface area contributed by atoms with Gasteiger partial charge in [0, 0.05) is 42.0 Å². The van der Waals surface area contributed by atoms with Crippen molar-refractivity contribution in [2.75, 3.05) is 24.5 Å². The molecule has 11 heteroatoms. The van der Waals surface area contributed by atoms with E-state index in [-0.39, 0.29) is 11.4 Å². The number of benzene rings is 1. The maximum absolute atomic E-state index is 15.3. The Morgan fingerprint density at radius 1 is 1.25 bits per heavy atom. The van der Waals surface area contributed by atoms with Gasteiger partial charge in [-0.3, -0.25) is 10.1 Å². The van der Waals surface area contributed by atoms with Crippen LogP contribution in [0.1, 0.15) is 43.5 Å². The van der Waals surface area contributed by atoms with Crippen molar-refractivity contribution in [2.24, 2.45) is 5.92 Å². The second-order valence-electron chi connectivity index (χ2n) is 10.8. The molecule has 2 fully saturated rings. The summed E-state index contributed by atoms with van der Waals surface area (Å²) in [6.45, 7) is 5.68. The van der Waals surface area contributed by atoms with E-state index in [1.807, 2.05) is 36.9 Å². The molecule has 0 unspecified atom stereocenters. The molecule has 1 aliphatic heterocycles. The minimum atomic E-state index is -0.434. The van der Waals surface area contributed by atoms with Gasteiger partial charge in [-0.05, 0) is 63.4 Å². The molecule has 1 atom stereocenters. The average Bonchev–Trinajstić information content (AvgIpc) is 3.65. The Morgan fingerprint density at radius 2 is 2.05 bits per heavy atom. The number of fused-ring (bicyclic) bond motifs is 1. The molecule has 4 aromatic rings. The molecule has 206 valence electrons. The van der Waals surface area contributed by atoms with E-state index in [9.17, 15) is 5.26 Å². The molecule has 0 spiro atoms. The number of pyridine rings is 2. The number of rotatable bonds is 9. The van der Waals surface area contributed by atoms with E-state index in [4.69, 9.17) is 27.9 Å². The third kappa shape index (κ3) is 5.07. The largest absolute Gasteiger partial charge is 0.486 e. The maximum Gasteiger partial charge on any atom is 0.166 e. The average molecular weight is 580 g/mol. The van der Waals surface area contributed by atoms with Gasteiger partial charge in [-0.2, -0.15) is 10.4 Å². The summed E-state index contributed by atoms with van der Waals surface area (Å²) in [7, 11) is 0. The first kappa shape index (κ1) is 26.8. The van der Waals surface area contributed by atoms with Gasteiger partial charge in [0.1, 0.15) is 17.5 Å². The minimum Gasteiger partial charge on any atom is -0.486 e. The number of hydrogen-bond acceptors (Lipinski definition) is 7. The number of hydrogen-bond donors (Lipinski definition) is 2. The molecule has 1 saturated carbocycles. The zero-order valence-corrected chi connectivity index (χ0v) is 23.7. The Morgan fingerprint density at radius 3 is 2.77 bits per heavy atom. The molecular weight excluding hydrogens is 552 g/mol. The molecule has 1 saturated heterocycles. The number of halogens is 3. The van der Waals surface area contributed by atoms with E-state index >= 15 is 4.39 Å². The van der Waals surface area contributed by atoms with Crippen LogP contribution in [0.5, 0.6) is 5.75 Å². The van der Waals surface area contributed by atoms with Gasteiger partial charge in [-0.1, -0.05) is 23.2 Å². The van der Waals surface area contributed by atoms with Crippen LogP contribution in [0.15, 0.2) is 36.7 Å². The third-order valence-electron chi connectivity index (χ3n) is 7.70. The summed E-state index contributed by atoms with van der Waals surface area (Å²) in [6.07, 6.45) is 5.62. The summed E-state index contributed by atoms with van der Waals surface area (Å²) in [5.41, 5.74) is 2.92. The lowest BCUT2D eigenvalue weighted by atomic mass is 9.86. The number of nitriles is 1.